The van der Waals surface area contributed by atoms with Crippen molar-refractivity contribution in [2.45, 2.75) is 6.92 Å². The highest BCUT2D eigenvalue weighted by Gasteiger charge is 2.24. The number of hydrogen-bond donors (Lipinski definition) is 1. The molecule has 2 aromatic rings. The Hall–Kier alpha value is -2.57. The summed E-state index contributed by atoms with van der Waals surface area (Å²) >= 11 is 0. The second-order valence-electron chi connectivity index (χ2n) is 5.02. The smallest absolute Gasteiger partial charge is 0.259 e. The monoisotopic (exact) mass is 287 g/mol. The van der Waals surface area contributed by atoms with Crippen LogP contribution in [0.15, 0.2) is 29.0 Å². The first-order chi connectivity index (χ1) is 10.1. The van der Waals surface area contributed by atoms with Gasteiger partial charge in [0, 0.05) is 26.2 Å². The number of pyridine rings is 1. The molecule has 1 amide bonds. The summed E-state index contributed by atoms with van der Waals surface area (Å²) in [7, 11) is 0. The highest BCUT2D eigenvalue weighted by molar-refractivity contribution is 5.94. The van der Waals surface area contributed by atoms with E-state index in [4.69, 9.17) is 10.3 Å². The van der Waals surface area contributed by atoms with Gasteiger partial charge in [0.2, 0.25) is 0 Å². The van der Waals surface area contributed by atoms with Crippen molar-refractivity contribution in [1.82, 2.24) is 15.0 Å². The number of carbonyl (C=O) groups excluding carboxylic acids is 1. The summed E-state index contributed by atoms with van der Waals surface area (Å²) < 4.78 is 4.95. The predicted octanol–water partition coefficient (Wildman–Crippen LogP) is 0.923. The summed E-state index contributed by atoms with van der Waals surface area (Å²) in [5, 5.41) is 3.66. The van der Waals surface area contributed by atoms with Crippen LogP contribution in [-0.4, -0.2) is 47.1 Å². The predicted molar refractivity (Wildman–Crippen MR) is 78.0 cm³/mol. The van der Waals surface area contributed by atoms with E-state index in [0.717, 1.165) is 18.8 Å². The van der Waals surface area contributed by atoms with E-state index in [1.807, 2.05) is 11.0 Å². The normalized spacial score (nSPS) is 15.3. The van der Waals surface area contributed by atoms with Gasteiger partial charge in [-0.05, 0) is 19.1 Å². The van der Waals surface area contributed by atoms with Gasteiger partial charge in [-0.15, -0.1) is 0 Å². The van der Waals surface area contributed by atoms with Crippen LogP contribution in [0.4, 0.5) is 11.5 Å². The van der Waals surface area contributed by atoms with Gasteiger partial charge in [-0.3, -0.25) is 4.79 Å². The molecule has 7 nitrogen and oxygen atoms in total. The lowest BCUT2D eigenvalue weighted by Gasteiger charge is -2.35. The zero-order valence-corrected chi connectivity index (χ0v) is 11.8. The third kappa shape index (κ3) is 2.67. The molecule has 0 spiro atoms. The lowest BCUT2D eigenvalue weighted by Crippen LogP contribution is -2.48. The fourth-order valence-corrected chi connectivity index (χ4v) is 2.43. The first-order valence-corrected chi connectivity index (χ1v) is 6.82. The number of nitrogens with zero attached hydrogens (tertiary/aromatic N) is 4. The van der Waals surface area contributed by atoms with Gasteiger partial charge in [-0.1, -0.05) is 5.16 Å². The molecule has 0 atom stereocenters. The van der Waals surface area contributed by atoms with Crippen LogP contribution in [0, 0.1) is 6.92 Å². The summed E-state index contributed by atoms with van der Waals surface area (Å²) in [5.41, 5.74) is 7.15. The first kappa shape index (κ1) is 13.4. The summed E-state index contributed by atoms with van der Waals surface area (Å²) in [6.07, 6.45) is 3.24. The van der Waals surface area contributed by atoms with E-state index in [9.17, 15) is 4.79 Å². The van der Waals surface area contributed by atoms with E-state index in [1.54, 1.807) is 19.2 Å². The van der Waals surface area contributed by atoms with E-state index < -0.39 is 0 Å². The molecule has 3 rings (SSSR count). The number of anilines is 2. The topological polar surface area (TPSA) is 88.5 Å². The number of rotatable bonds is 2. The Morgan fingerprint density at radius 3 is 2.57 bits per heavy atom. The molecule has 1 saturated heterocycles. The second-order valence-corrected chi connectivity index (χ2v) is 5.02. The van der Waals surface area contributed by atoms with Crippen molar-refractivity contribution >= 4 is 17.4 Å². The largest absolute Gasteiger partial charge is 0.384 e. The molecule has 2 aromatic heterocycles. The Bertz CT molecular complexity index is 629. The van der Waals surface area contributed by atoms with Gasteiger partial charge >= 0.3 is 0 Å². The van der Waals surface area contributed by atoms with Crippen LogP contribution in [0.25, 0.3) is 0 Å². The molecule has 0 aliphatic carbocycles. The number of aryl methyl sites for hydroxylation is 1. The maximum absolute atomic E-state index is 12.3. The molecule has 2 N–H and O–H groups in total. The molecule has 21 heavy (non-hydrogen) atoms. The quantitative estimate of drug-likeness (QED) is 0.883. The summed E-state index contributed by atoms with van der Waals surface area (Å²) in [6.45, 7) is 4.60. The van der Waals surface area contributed by atoms with Crippen LogP contribution >= 0.6 is 0 Å². The zero-order valence-electron chi connectivity index (χ0n) is 11.8. The molecule has 1 fully saturated rings. The fraction of sp³-hybridized carbons (Fsp3) is 0.357. The number of piperazine rings is 1. The van der Waals surface area contributed by atoms with E-state index in [0.29, 0.717) is 30.2 Å². The van der Waals surface area contributed by atoms with Gasteiger partial charge in [-0.2, -0.15) is 0 Å². The first-order valence-electron chi connectivity index (χ1n) is 6.82. The van der Waals surface area contributed by atoms with Crippen molar-refractivity contribution in [2.75, 3.05) is 36.8 Å². The molecule has 1 aliphatic heterocycles. The van der Waals surface area contributed by atoms with Crippen LogP contribution in [0.1, 0.15) is 16.1 Å². The maximum Gasteiger partial charge on any atom is 0.259 e. The Morgan fingerprint density at radius 2 is 2.00 bits per heavy atom. The molecule has 0 radical (unpaired) electrons. The third-order valence-corrected chi connectivity index (χ3v) is 3.68. The van der Waals surface area contributed by atoms with E-state index in [2.05, 4.69) is 15.0 Å². The highest BCUT2D eigenvalue weighted by Crippen LogP contribution is 2.18. The average Bonchev–Trinajstić information content (AvgIpc) is 2.94. The molecule has 1 aliphatic rings. The fourth-order valence-electron chi connectivity index (χ4n) is 2.43. The summed E-state index contributed by atoms with van der Waals surface area (Å²) in [5.74, 6) is 1.05. The van der Waals surface area contributed by atoms with Crippen molar-refractivity contribution in [1.29, 1.82) is 0 Å². The van der Waals surface area contributed by atoms with Gasteiger partial charge in [0.1, 0.15) is 17.1 Å². The number of carbonyl (C=O) groups is 1. The van der Waals surface area contributed by atoms with Crippen LogP contribution in [0.2, 0.25) is 0 Å². The van der Waals surface area contributed by atoms with Crippen molar-refractivity contribution in [3.05, 3.63) is 35.9 Å². The van der Waals surface area contributed by atoms with E-state index in [-0.39, 0.29) is 5.91 Å². The number of nitrogen functional groups attached to an aromatic ring is 1. The van der Waals surface area contributed by atoms with Gasteiger partial charge in [0.05, 0.1) is 18.1 Å². The Kier molecular flexibility index (Phi) is 3.47. The lowest BCUT2D eigenvalue weighted by atomic mass is 10.2. The molecular formula is C14H17N5O2. The van der Waals surface area contributed by atoms with Crippen LogP contribution in [0.5, 0.6) is 0 Å². The number of aromatic nitrogens is 2. The van der Waals surface area contributed by atoms with Crippen LogP contribution in [-0.2, 0) is 0 Å². The number of hydrogen-bond acceptors (Lipinski definition) is 6. The standard InChI is InChI=1S/C14H17N5O2/c1-10-12(9-17-21-10)14(20)19-6-4-18(5-7-19)11-2-3-13(15)16-8-11/h2-3,8-9H,4-7H2,1H3,(H2,15,16). The highest BCUT2D eigenvalue weighted by atomic mass is 16.5. The second kappa shape index (κ2) is 5.43. The molecule has 3 heterocycles. The Balaban J connectivity index is 1.64. The minimum absolute atomic E-state index is 0.0242. The van der Waals surface area contributed by atoms with Gasteiger partial charge < -0.3 is 20.1 Å². The number of amides is 1. The maximum atomic E-state index is 12.3. The minimum atomic E-state index is -0.0242. The van der Waals surface area contributed by atoms with Crippen molar-refractivity contribution in [3.63, 3.8) is 0 Å². The summed E-state index contributed by atoms with van der Waals surface area (Å²) in [4.78, 5) is 20.5. The lowest BCUT2D eigenvalue weighted by molar-refractivity contribution is 0.0745. The van der Waals surface area contributed by atoms with Gasteiger partial charge in [0.25, 0.3) is 5.91 Å². The molecule has 0 bridgehead atoms. The third-order valence-electron chi connectivity index (χ3n) is 3.68. The zero-order chi connectivity index (χ0) is 14.8. The molecule has 110 valence electrons. The molecule has 0 aromatic carbocycles. The van der Waals surface area contributed by atoms with Gasteiger partial charge in [0.15, 0.2) is 0 Å². The number of nitrogens with two attached hydrogens (primary N) is 1. The van der Waals surface area contributed by atoms with E-state index >= 15 is 0 Å². The molecule has 0 saturated carbocycles. The molecule has 0 unspecified atom stereocenters. The molecule has 7 heteroatoms. The van der Waals surface area contributed by atoms with Crippen LogP contribution < -0.4 is 10.6 Å². The SMILES string of the molecule is Cc1oncc1C(=O)N1CCN(c2ccc(N)nc2)CC1. The average molecular weight is 287 g/mol. The Labute approximate surface area is 122 Å². The van der Waals surface area contributed by atoms with Crippen molar-refractivity contribution in [3.8, 4) is 0 Å². The van der Waals surface area contributed by atoms with Crippen molar-refractivity contribution in [2.24, 2.45) is 0 Å². The van der Waals surface area contributed by atoms with Gasteiger partial charge in [-0.25, -0.2) is 4.98 Å². The minimum Gasteiger partial charge on any atom is -0.384 e. The van der Waals surface area contributed by atoms with Crippen molar-refractivity contribution < 1.29 is 9.32 Å². The Morgan fingerprint density at radius 1 is 1.24 bits per heavy atom. The molecular weight excluding hydrogens is 270 g/mol. The van der Waals surface area contributed by atoms with Crippen LogP contribution in [0.3, 0.4) is 0 Å². The summed E-state index contributed by atoms with van der Waals surface area (Å²) in [6, 6.07) is 3.73. The van der Waals surface area contributed by atoms with E-state index in [1.165, 1.54) is 6.20 Å².